The number of hydrogen-bond acceptors (Lipinski definition) is 5. The van der Waals surface area contributed by atoms with Crippen molar-refractivity contribution in [2.45, 2.75) is 0 Å². The minimum atomic E-state index is 0.421. The van der Waals surface area contributed by atoms with Gasteiger partial charge in [0.05, 0.1) is 0 Å². The maximum atomic E-state index is 5.94. The van der Waals surface area contributed by atoms with Crippen LogP contribution in [0.2, 0.25) is 5.15 Å². The van der Waals surface area contributed by atoms with E-state index < -0.39 is 0 Å². The summed E-state index contributed by atoms with van der Waals surface area (Å²) in [6, 6.07) is 13.2. The molecule has 4 heterocycles. The lowest BCUT2D eigenvalue weighted by molar-refractivity contribution is 1.25. The number of nitrogens with zero attached hydrogens (tertiary/aromatic N) is 4. The average Bonchev–Trinajstić information content (AvgIpc) is 2.63. The molecule has 0 unspecified atom stereocenters. The number of pyridine rings is 4. The molecule has 6 heteroatoms. The zero-order valence-corrected chi connectivity index (χ0v) is 13.3. The lowest BCUT2D eigenvalue weighted by Gasteiger charge is -2.11. The van der Waals surface area contributed by atoms with Crippen molar-refractivity contribution in [1.82, 2.24) is 19.9 Å². The predicted molar refractivity (Wildman–Crippen MR) is 95.3 cm³/mol. The van der Waals surface area contributed by atoms with Gasteiger partial charge in [-0.15, -0.1) is 0 Å². The Labute approximate surface area is 143 Å². The largest absolute Gasteiger partial charge is 0.323 e. The van der Waals surface area contributed by atoms with Crippen molar-refractivity contribution in [3.63, 3.8) is 0 Å². The average molecular weight is 334 g/mol. The second-order valence-electron chi connectivity index (χ2n) is 5.13. The number of rotatable bonds is 3. The van der Waals surface area contributed by atoms with Gasteiger partial charge in [-0.3, -0.25) is 9.97 Å². The summed E-state index contributed by atoms with van der Waals surface area (Å²) in [4.78, 5) is 17.4. The van der Waals surface area contributed by atoms with Crippen LogP contribution >= 0.6 is 11.6 Å². The Balaban J connectivity index is 1.84. The molecule has 0 aliphatic rings. The van der Waals surface area contributed by atoms with Crippen LogP contribution < -0.4 is 5.32 Å². The van der Waals surface area contributed by atoms with Crippen LogP contribution in [0.1, 0.15) is 0 Å². The summed E-state index contributed by atoms with van der Waals surface area (Å²) in [6.07, 6.45) is 7.12. The summed E-state index contributed by atoms with van der Waals surface area (Å²) < 4.78 is 0. The van der Waals surface area contributed by atoms with Crippen LogP contribution in [0.4, 0.5) is 11.6 Å². The summed E-state index contributed by atoms with van der Waals surface area (Å²) in [5, 5.41) is 4.59. The Hall–Kier alpha value is -3.05. The van der Waals surface area contributed by atoms with Gasteiger partial charge in [0.25, 0.3) is 0 Å². The van der Waals surface area contributed by atoms with Gasteiger partial charge in [0.1, 0.15) is 16.5 Å². The lowest BCUT2D eigenvalue weighted by Crippen LogP contribution is -1.99. The number of anilines is 2. The van der Waals surface area contributed by atoms with Gasteiger partial charge in [-0.05, 0) is 24.3 Å². The molecule has 1 N–H and O–H groups in total. The second kappa shape index (κ2) is 6.22. The normalized spacial score (nSPS) is 10.7. The Morgan fingerprint density at radius 2 is 1.79 bits per heavy atom. The first kappa shape index (κ1) is 14.5. The molecule has 0 aromatic carbocycles. The van der Waals surface area contributed by atoms with Crippen LogP contribution in [0.5, 0.6) is 0 Å². The van der Waals surface area contributed by atoms with Crippen molar-refractivity contribution < 1.29 is 0 Å². The van der Waals surface area contributed by atoms with E-state index in [2.05, 4.69) is 25.3 Å². The standard InChI is InChI=1S/C18H12ClN5/c19-15-6-1-7-16(23-15)24-18-17-13(5-3-9-21-17)14(11-22-18)12-4-2-8-20-10-12/h1-11H,(H,22,23,24). The van der Waals surface area contributed by atoms with E-state index in [1.165, 1.54) is 0 Å². The van der Waals surface area contributed by atoms with Crippen LogP contribution in [0.15, 0.2) is 67.3 Å². The molecule has 24 heavy (non-hydrogen) atoms. The molecule has 0 saturated heterocycles. The van der Waals surface area contributed by atoms with Gasteiger partial charge in [-0.2, -0.15) is 0 Å². The highest BCUT2D eigenvalue weighted by Gasteiger charge is 2.11. The first-order valence-corrected chi connectivity index (χ1v) is 7.73. The topological polar surface area (TPSA) is 63.6 Å². The van der Waals surface area contributed by atoms with Crippen molar-refractivity contribution >= 4 is 34.1 Å². The third kappa shape index (κ3) is 2.77. The van der Waals surface area contributed by atoms with E-state index in [-0.39, 0.29) is 0 Å². The zero-order chi connectivity index (χ0) is 16.4. The van der Waals surface area contributed by atoms with E-state index in [1.54, 1.807) is 18.5 Å². The molecule has 4 aromatic heterocycles. The molecular weight excluding hydrogens is 322 g/mol. The Kier molecular flexibility index (Phi) is 3.76. The first-order valence-electron chi connectivity index (χ1n) is 7.35. The van der Waals surface area contributed by atoms with Crippen LogP contribution in [0.3, 0.4) is 0 Å². The van der Waals surface area contributed by atoms with Crippen molar-refractivity contribution in [3.05, 3.63) is 72.4 Å². The van der Waals surface area contributed by atoms with Gasteiger partial charge >= 0.3 is 0 Å². The molecule has 0 saturated carbocycles. The Morgan fingerprint density at radius 3 is 2.62 bits per heavy atom. The zero-order valence-electron chi connectivity index (χ0n) is 12.5. The number of nitrogens with one attached hydrogen (secondary N) is 1. The molecule has 0 atom stereocenters. The summed E-state index contributed by atoms with van der Waals surface area (Å²) in [6.45, 7) is 0. The van der Waals surface area contributed by atoms with Gasteiger partial charge in [-0.25, -0.2) is 9.97 Å². The predicted octanol–water partition coefficient (Wildman–Crippen LogP) is 4.48. The van der Waals surface area contributed by atoms with Gasteiger partial charge < -0.3 is 5.32 Å². The van der Waals surface area contributed by atoms with Crippen LogP contribution in [-0.4, -0.2) is 19.9 Å². The van der Waals surface area contributed by atoms with E-state index in [0.29, 0.717) is 16.8 Å². The van der Waals surface area contributed by atoms with Crippen molar-refractivity contribution in [1.29, 1.82) is 0 Å². The SMILES string of the molecule is Clc1cccc(Nc2ncc(-c3cccnc3)c3cccnc23)n1. The fourth-order valence-electron chi connectivity index (χ4n) is 2.51. The third-order valence-electron chi connectivity index (χ3n) is 3.58. The molecule has 0 fully saturated rings. The first-order chi connectivity index (χ1) is 11.8. The number of halogens is 1. The number of hydrogen-bond donors (Lipinski definition) is 1. The van der Waals surface area contributed by atoms with Crippen molar-refractivity contribution in [3.8, 4) is 11.1 Å². The summed E-state index contributed by atoms with van der Waals surface area (Å²) >= 11 is 5.94. The van der Waals surface area contributed by atoms with Crippen LogP contribution in [-0.2, 0) is 0 Å². The molecule has 4 aromatic rings. The Morgan fingerprint density at radius 1 is 0.875 bits per heavy atom. The molecular formula is C18H12ClN5. The van der Waals surface area contributed by atoms with Gasteiger partial charge in [0.15, 0.2) is 5.82 Å². The quantitative estimate of drug-likeness (QED) is 0.560. The molecule has 0 aliphatic carbocycles. The second-order valence-corrected chi connectivity index (χ2v) is 5.52. The smallest absolute Gasteiger partial charge is 0.158 e. The monoisotopic (exact) mass is 333 g/mol. The van der Waals surface area contributed by atoms with Crippen molar-refractivity contribution in [2.75, 3.05) is 5.32 Å². The minimum absolute atomic E-state index is 0.421. The van der Waals surface area contributed by atoms with Crippen molar-refractivity contribution in [2.24, 2.45) is 0 Å². The summed E-state index contributed by atoms with van der Waals surface area (Å²) in [5.74, 6) is 1.25. The van der Waals surface area contributed by atoms with Gasteiger partial charge in [0.2, 0.25) is 0 Å². The lowest BCUT2D eigenvalue weighted by atomic mass is 10.0. The number of fused-ring (bicyclic) bond motifs is 1. The van der Waals surface area contributed by atoms with E-state index >= 15 is 0 Å². The molecule has 0 radical (unpaired) electrons. The van der Waals surface area contributed by atoms with E-state index in [1.807, 2.05) is 48.8 Å². The Bertz CT molecular complexity index is 1000. The molecule has 0 bridgehead atoms. The van der Waals surface area contributed by atoms with E-state index in [9.17, 15) is 0 Å². The van der Waals surface area contributed by atoms with Crippen LogP contribution in [0, 0.1) is 0 Å². The fraction of sp³-hybridized carbons (Fsp3) is 0. The molecule has 4 rings (SSSR count). The van der Waals surface area contributed by atoms with E-state index in [4.69, 9.17) is 11.6 Å². The molecule has 116 valence electrons. The fourth-order valence-corrected chi connectivity index (χ4v) is 2.68. The van der Waals surface area contributed by atoms with Gasteiger partial charge in [0, 0.05) is 41.3 Å². The molecule has 5 nitrogen and oxygen atoms in total. The van der Waals surface area contributed by atoms with Gasteiger partial charge in [-0.1, -0.05) is 29.8 Å². The van der Waals surface area contributed by atoms with E-state index in [0.717, 1.165) is 22.0 Å². The van der Waals surface area contributed by atoms with Crippen LogP contribution in [0.25, 0.3) is 22.0 Å². The highest BCUT2D eigenvalue weighted by Crippen LogP contribution is 2.30. The minimum Gasteiger partial charge on any atom is -0.323 e. The third-order valence-corrected chi connectivity index (χ3v) is 3.79. The highest BCUT2D eigenvalue weighted by atomic mass is 35.5. The maximum absolute atomic E-state index is 5.94. The summed E-state index contributed by atoms with van der Waals surface area (Å²) in [7, 11) is 0. The molecule has 0 amide bonds. The molecule has 0 aliphatic heterocycles. The highest BCUT2D eigenvalue weighted by molar-refractivity contribution is 6.29. The number of aromatic nitrogens is 4. The maximum Gasteiger partial charge on any atom is 0.158 e. The molecule has 0 spiro atoms. The summed E-state index contributed by atoms with van der Waals surface area (Å²) in [5.41, 5.74) is 2.74.